The van der Waals surface area contributed by atoms with Gasteiger partial charge in [0, 0.05) is 0 Å². The van der Waals surface area contributed by atoms with Crippen LogP contribution < -0.4 is 0 Å². The normalized spacial score (nSPS) is 9.41. The van der Waals surface area contributed by atoms with Crippen molar-refractivity contribution in [1.82, 2.24) is 0 Å². The van der Waals surface area contributed by atoms with Gasteiger partial charge < -0.3 is 5.11 Å². The van der Waals surface area contributed by atoms with Gasteiger partial charge in [0.25, 0.3) is 0 Å². The Bertz CT molecular complexity index is 487. The van der Waals surface area contributed by atoms with Crippen molar-refractivity contribution >= 4 is 0 Å². The maximum absolute atomic E-state index is 9.45. The lowest BCUT2D eigenvalue weighted by molar-refractivity contribution is 0.471. The molecule has 1 heteroatoms. The van der Waals surface area contributed by atoms with E-state index in [1.807, 2.05) is 39.0 Å². The highest BCUT2D eigenvalue weighted by Gasteiger charge is 2.00. The summed E-state index contributed by atoms with van der Waals surface area (Å²) in [4.78, 5) is 0. The molecule has 0 amide bonds. The van der Waals surface area contributed by atoms with Crippen LogP contribution in [0.4, 0.5) is 0 Å². The summed E-state index contributed by atoms with van der Waals surface area (Å²) in [6, 6.07) is 14.0. The summed E-state index contributed by atoms with van der Waals surface area (Å²) in [6.45, 7) is 7.99. The average molecular weight is 228 g/mol. The zero-order valence-corrected chi connectivity index (χ0v) is 11.0. The quantitative estimate of drug-likeness (QED) is 0.750. The summed E-state index contributed by atoms with van der Waals surface area (Å²) in [5.74, 6) is 0.353. The molecule has 0 saturated carbocycles. The van der Waals surface area contributed by atoms with E-state index in [2.05, 4.69) is 25.1 Å². The molecule has 17 heavy (non-hydrogen) atoms. The van der Waals surface area contributed by atoms with Gasteiger partial charge in [-0.1, -0.05) is 49.7 Å². The van der Waals surface area contributed by atoms with Crippen molar-refractivity contribution in [3.05, 3.63) is 53.6 Å². The monoisotopic (exact) mass is 228 g/mol. The fourth-order valence-electron chi connectivity index (χ4n) is 1.66. The van der Waals surface area contributed by atoms with Crippen molar-refractivity contribution < 1.29 is 5.11 Å². The van der Waals surface area contributed by atoms with E-state index in [0.717, 1.165) is 11.1 Å². The molecule has 90 valence electrons. The molecule has 0 atom stereocenters. The van der Waals surface area contributed by atoms with Crippen LogP contribution >= 0.6 is 0 Å². The molecule has 2 aromatic rings. The Morgan fingerprint density at radius 3 is 2.06 bits per heavy atom. The van der Waals surface area contributed by atoms with Crippen LogP contribution in [0.2, 0.25) is 0 Å². The van der Waals surface area contributed by atoms with Crippen molar-refractivity contribution in [2.45, 2.75) is 27.7 Å². The van der Waals surface area contributed by atoms with Crippen LogP contribution in [0.1, 0.15) is 25.0 Å². The highest BCUT2D eigenvalue weighted by molar-refractivity contribution is 5.66. The Morgan fingerprint density at radius 2 is 1.47 bits per heavy atom. The van der Waals surface area contributed by atoms with Crippen LogP contribution in [-0.2, 0) is 0 Å². The summed E-state index contributed by atoms with van der Waals surface area (Å²) >= 11 is 0. The first kappa shape index (κ1) is 13.3. The number of rotatable bonds is 1. The summed E-state index contributed by atoms with van der Waals surface area (Å²) < 4.78 is 0. The molecule has 0 fully saturated rings. The number of hydrogen-bond acceptors (Lipinski definition) is 1. The minimum absolute atomic E-state index is 0.353. The Balaban J connectivity index is 0.000000686. The molecular weight excluding hydrogens is 208 g/mol. The van der Waals surface area contributed by atoms with Crippen LogP contribution in [0.25, 0.3) is 11.1 Å². The average Bonchev–Trinajstić information content (AvgIpc) is 2.35. The SMILES string of the molecule is CC.Cc1cccc(-c2ccc(O)c(C)c2)c1. The summed E-state index contributed by atoms with van der Waals surface area (Å²) in [5, 5.41) is 9.45. The number of hydrogen-bond donors (Lipinski definition) is 1. The number of aryl methyl sites for hydroxylation is 2. The fourth-order valence-corrected chi connectivity index (χ4v) is 1.66. The van der Waals surface area contributed by atoms with Gasteiger partial charge in [0.15, 0.2) is 0 Å². The molecule has 0 aliphatic carbocycles. The van der Waals surface area contributed by atoms with Crippen LogP contribution in [0.3, 0.4) is 0 Å². The molecule has 1 nitrogen and oxygen atoms in total. The zero-order chi connectivity index (χ0) is 12.8. The van der Waals surface area contributed by atoms with Gasteiger partial charge in [-0.3, -0.25) is 0 Å². The third-order valence-corrected chi connectivity index (χ3v) is 2.55. The highest BCUT2D eigenvalue weighted by Crippen LogP contribution is 2.25. The molecular formula is C16H20O. The van der Waals surface area contributed by atoms with Crippen molar-refractivity contribution in [3.63, 3.8) is 0 Å². The van der Waals surface area contributed by atoms with E-state index in [0.29, 0.717) is 5.75 Å². The number of phenolic OH excluding ortho intramolecular Hbond substituents is 1. The lowest BCUT2D eigenvalue weighted by atomic mass is 10.0. The first-order valence-corrected chi connectivity index (χ1v) is 6.03. The Hall–Kier alpha value is -1.76. The first-order valence-electron chi connectivity index (χ1n) is 6.03. The molecule has 0 radical (unpaired) electrons. The topological polar surface area (TPSA) is 20.2 Å². The lowest BCUT2D eigenvalue weighted by Crippen LogP contribution is -1.81. The second-order valence-electron chi connectivity index (χ2n) is 3.87. The Kier molecular flexibility index (Phi) is 4.77. The van der Waals surface area contributed by atoms with Gasteiger partial charge in [-0.15, -0.1) is 0 Å². The van der Waals surface area contributed by atoms with Crippen molar-refractivity contribution in [2.75, 3.05) is 0 Å². The Morgan fingerprint density at radius 1 is 0.824 bits per heavy atom. The van der Waals surface area contributed by atoms with Gasteiger partial charge in [-0.05, 0) is 42.7 Å². The van der Waals surface area contributed by atoms with E-state index in [1.54, 1.807) is 6.07 Å². The Labute approximate surface area is 104 Å². The summed E-state index contributed by atoms with van der Waals surface area (Å²) in [7, 11) is 0. The van der Waals surface area contributed by atoms with Gasteiger partial charge in [-0.25, -0.2) is 0 Å². The molecule has 0 heterocycles. The molecule has 0 aliphatic rings. The highest BCUT2D eigenvalue weighted by atomic mass is 16.3. The molecule has 0 aliphatic heterocycles. The molecule has 2 aromatic carbocycles. The maximum Gasteiger partial charge on any atom is 0.118 e. The lowest BCUT2D eigenvalue weighted by Gasteiger charge is -2.05. The fraction of sp³-hybridized carbons (Fsp3) is 0.250. The zero-order valence-electron chi connectivity index (χ0n) is 11.0. The molecule has 0 saturated heterocycles. The van der Waals surface area contributed by atoms with Gasteiger partial charge in [0.1, 0.15) is 5.75 Å². The number of phenols is 1. The van der Waals surface area contributed by atoms with E-state index in [-0.39, 0.29) is 0 Å². The van der Waals surface area contributed by atoms with Gasteiger partial charge in [0.05, 0.1) is 0 Å². The van der Waals surface area contributed by atoms with Gasteiger partial charge >= 0.3 is 0 Å². The molecule has 1 N–H and O–H groups in total. The molecule has 0 aromatic heterocycles. The van der Waals surface area contributed by atoms with Gasteiger partial charge in [-0.2, -0.15) is 0 Å². The van der Waals surface area contributed by atoms with Crippen molar-refractivity contribution in [3.8, 4) is 16.9 Å². The van der Waals surface area contributed by atoms with Crippen LogP contribution in [-0.4, -0.2) is 5.11 Å². The number of aromatic hydroxyl groups is 1. The van der Waals surface area contributed by atoms with E-state index < -0.39 is 0 Å². The van der Waals surface area contributed by atoms with Crippen molar-refractivity contribution in [2.24, 2.45) is 0 Å². The van der Waals surface area contributed by atoms with E-state index in [9.17, 15) is 5.11 Å². The first-order chi connectivity index (χ1) is 8.16. The smallest absolute Gasteiger partial charge is 0.118 e. The minimum Gasteiger partial charge on any atom is -0.508 e. The van der Waals surface area contributed by atoms with E-state index in [4.69, 9.17) is 0 Å². The largest absolute Gasteiger partial charge is 0.508 e. The number of benzene rings is 2. The molecule has 0 spiro atoms. The van der Waals surface area contributed by atoms with E-state index in [1.165, 1.54) is 11.1 Å². The minimum atomic E-state index is 0.353. The molecule has 2 rings (SSSR count). The van der Waals surface area contributed by atoms with Crippen molar-refractivity contribution in [1.29, 1.82) is 0 Å². The maximum atomic E-state index is 9.45. The van der Waals surface area contributed by atoms with Crippen LogP contribution in [0.15, 0.2) is 42.5 Å². The summed E-state index contributed by atoms with van der Waals surface area (Å²) in [5.41, 5.74) is 4.50. The van der Waals surface area contributed by atoms with Crippen LogP contribution in [0, 0.1) is 13.8 Å². The van der Waals surface area contributed by atoms with Gasteiger partial charge in [0.2, 0.25) is 0 Å². The van der Waals surface area contributed by atoms with E-state index >= 15 is 0 Å². The second kappa shape index (κ2) is 6.09. The van der Waals surface area contributed by atoms with Crippen LogP contribution in [0.5, 0.6) is 5.75 Å². The summed E-state index contributed by atoms with van der Waals surface area (Å²) in [6.07, 6.45) is 0. The predicted molar refractivity (Wildman–Crippen MR) is 74.4 cm³/mol. The predicted octanol–water partition coefficient (Wildman–Crippen LogP) is 4.70. The third kappa shape index (κ3) is 3.35. The molecule has 0 unspecified atom stereocenters. The molecule has 0 bridgehead atoms. The third-order valence-electron chi connectivity index (χ3n) is 2.55. The second-order valence-corrected chi connectivity index (χ2v) is 3.87. The standard InChI is InChI=1S/C14H14O.C2H6/c1-10-4-3-5-12(8-10)13-6-7-14(15)11(2)9-13;1-2/h3-9,15H,1-2H3;1-2H3.